The molecule has 8 heteroatoms. The molecule has 25 heavy (non-hydrogen) atoms. The van der Waals surface area contributed by atoms with Gasteiger partial charge in [-0.3, -0.25) is 4.99 Å². The van der Waals surface area contributed by atoms with Gasteiger partial charge in [-0.15, -0.1) is 0 Å². The standard InChI is InChI=1S/C17H24N2O5S/c1-19(2)17-18-13-15(21)14(20)12(24-16(13)25-17)9-23-8-10-4-6-11(22-3)7-5-10/h4-7,12-16,20-21H,8-9H2,1-3H3/t12-,13-,14-,15-,16-/m1/s1. The van der Waals surface area contributed by atoms with Crippen molar-refractivity contribution in [1.29, 1.82) is 0 Å². The Bertz CT molecular complexity index is 610. The highest BCUT2D eigenvalue weighted by Crippen LogP contribution is 2.37. The van der Waals surface area contributed by atoms with Crippen molar-refractivity contribution in [3.05, 3.63) is 29.8 Å². The minimum absolute atomic E-state index is 0.200. The lowest BCUT2D eigenvalue weighted by Gasteiger charge is -2.38. The number of rotatable bonds is 5. The molecule has 2 aliphatic heterocycles. The molecule has 0 spiro atoms. The van der Waals surface area contributed by atoms with Crippen LogP contribution in [0.4, 0.5) is 0 Å². The predicted molar refractivity (Wildman–Crippen MR) is 95.8 cm³/mol. The lowest BCUT2D eigenvalue weighted by molar-refractivity contribution is -0.171. The number of hydrogen-bond acceptors (Lipinski definition) is 8. The first-order valence-corrected chi connectivity index (χ1v) is 9.01. The Kier molecular flexibility index (Phi) is 5.85. The summed E-state index contributed by atoms with van der Waals surface area (Å²) in [5.74, 6) is 0.791. The van der Waals surface area contributed by atoms with E-state index in [2.05, 4.69) is 4.99 Å². The van der Waals surface area contributed by atoms with Crippen LogP contribution >= 0.6 is 11.8 Å². The minimum atomic E-state index is -1.03. The summed E-state index contributed by atoms with van der Waals surface area (Å²) in [5, 5.41) is 21.5. The van der Waals surface area contributed by atoms with Crippen LogP contribution in [-0.2, 0) is 16.1 Å². The summed E-state index contributed by atoms with van der Waals surface area (Å²) in [6, 6.07) is 7.13. The van der Waals surface area contributed by atoms with E-state index in [9.17, 15) is 10.2 Å². The molecule has 0 bridgehead atoms. The summed E-state index contributed by atoms with van der Waals surface area (Å²) in [4.78, 5) is 6.31. The van der Waals surface area contributed by atoms with Crippen molar-refractivity contribution < 1.29 is 24.4 Å². The van der Waals surface area contributed by atoms with Gasteiger partial charge in [0, 0.05) is 14.1 Å². The first kappa shape index (κ1) is 18.5. The number of amidine groups is 1. The monoisotopic (exact) mass is 368 g/mol. The second kappa shape index (κ2) is 7.92. The molecule has 0 aromatic heterocycles. The van der Waals surface area contributed by atoms with Crippen LogP contribution in [0, 0.1) is 0 Å². The van der Waals surface area contributed by atoms with Gasteiger partial charge >= 0.3 is 0 Å². The fraction of sp³-hybridized carbons (Fsp3) is 0.588. The number of aliphatic hydroxyl groups excluding tert-OH is 2. The van der Waals surface area contributed by atoms with E-state index in [1.54, 1.807) is 7.11 Å². The van der Waals surface area contributed by atoms with Crippen LogP contribution in [0.5, 0.6) is 5.75 Å². The first-order chi connectivity index (χ1) is 12.0. The van der Waals surface area contributed by atoms with Gasteiger partial charge in [0.25, 0.3) is 0 Å². The van der Waals surface area contributed by atoms with Gasteiger partial charge in [-0.05, 0) is 17.7 Å². The Morgan fingerprint density at radius 2 is 1.92 bits per heavy atom. The SMILES string of the molecule is COc1ccc(COC[C@H]2O[C@@H]3SC(N(C)C)=N[C@@H]3[C@@H](O)[C@@H]2O)cc1. The van der Waals surface area contributed by atoms with Crippen LogP contribution in [0.1, 0.15) is 5.56 Å². The molecule has 0 aliphatic carbocycles. The maximum atomic E-state index is 10.4. The molecule has 3 rings (SSSR count). The van der Waals surface area contributed by atoms with E-state index in [0.29, 0.717) is 6.61 Å². The summed E-state index contributed by atoms with van der Waals surface area (Å²) in [6.07, 6.45) is -2.57. The number of benzene rings is 1. The Morgan fingerprint density at radius 3 is 2.56 bits per heavy atom. The van der Waals surface area contributed by atoms with Crippen LogP contribution in [-0.4, -0.2) is 77.9 Å². The van der Waals surface area contributed by atoms with Crippen LogP contribution in [0.25, 0.3) is 0 Å². The molecule has 1 fully saturated rings. The summed E-state index contributed by atoms with van der Waals surface area (Å²) in [7, 11) is 5.40. The maximum absolute atomic E-state index is 10.4. The molecule has 1 saturated heterocycles. The molecule has 0 radical (unpaired) electrons. The van der Waals surface area contributed by atoms with Gasteiger partial charge in [-0.2, -0.15) is 0 Å². The van der Waals surface area contributed by atoms with Gasteiger partial charge in [0.05, 0.1) is 20.3 Å². The number of thioether (sulfide) groups is 1. The number of hydrogen-bond donors (Lipinski definition) is 2. The molecule has 2 aliphatic rings. The van der Waals surface area contributed by atoms with Crippen molar-refractivity contribution in [2.75, 3.05) is 27.8 Å². The largest absolute Gasteiger partial charge is 0.497 e. The average molecular weight is 368 g/mol. The third-order valence-corrected chi connectivity index (χ3v) is 5.55. The summed E-state index contributed by atoms with van der Waals surface area (Å²) < 4.78 is 16.7. The van der Waals surface area contributed by atoms with Crippen molar-refractivity contribution in [2.24, 2.45) is 4.99 Å². The van der Waals surface area contributed by atoms with Crippen molar-refractivity contribution >= 4 is 16.9 Å². The molecule has 2 heterocycles. The molecule has 1 aromatic carbocycles. The highest BCUT2D eigenvalue weighted by Gasteiger charge is 2.48. The molecule has 138 valence electrons. The number of fused-ring (bicyclic) bond motifs is 1. The fourth-order valence-electron chi connectivity index (χ4n) is 2.79. The molecule has 0 unspecified atom stereocenters. The summed E-state index contributed by atoms with van der Waals surface area (Å²) in [6.45, 7) is 0.596. The molecule has 5 atom stereocenters. The van der Waals surface area contributed by atoms with E-state index in [-0.39, 0.29) is 12.0 Å². The highest BCUT2D eigenvalue weighted by molar-refractivity contribution is 8.14. The van der Waals surface area contributed by atoms with E-state index < -0.39 is 24.4 Å². The van der Waals surface area contributed by atoms with E-state index in [4.69, 9.17) is 14.2 Å². The van der Waals surface area contributed by atoms with Gasteiger partial charge < -0.3 is 29.3 Å². The van der Waals surface area contributed by atoms with E-state index >= 15 is 0 Å². The molecule has 0 amide bonds. The normalized spacial score (nSPS) is 31.4. The van der Waals surface area contributed by atoms with Gasteiger partial charge in [-0.1, -0.05) is 23.9 Å². The van der Waals surface area contributed by atoms with Crippen LogP contribution < -0.4 is 4.74 Å². The zero-order chi connectivity index (χ0) is 18.0. The molecule has 0 saturated carbocycles. The minimum Gasteiger partial charge on any atom is -0.497 e. The van der Waals surface area contributed by atoms with Gasteiger partial charge in [-0.25, -0.2) is 0 Å². The van der Waals surface area contributed by atoms with Crippen LogP contribution in [0.3, 0.4) is 0 Å². The average Bonchev–Trinajstić information content (AvgIpc) is 3.04. The molecule has 2 N–H and O–H groups in total. The number of ether oxygens (including phenoxy) is 3. The van der Waals surface area contributed by atoms with E-state index in [1.807, 2.05) is 43.3 Å². The summed E-state index contributed by atoms with van der Waals surface area (Å²) >= 11 is 1.46. The smallest absolute Gasteiger partial charge is 0.161 e. The second-order valence-electron chi connectivity index (χ2n) is 6.30. The fourth-order valence-corrected chi connectivity index (χ4v) is 3.95. The second-order valence-corrected chi connectivity index (χ2v) is 7.37. The lowest BCUT2D eigenvalue weighted by Crippen LogP contribution is -2.56. The molecule has 7 nitrogen and oxygen atoms in total. The van der Waals surface area contributed by atoms with E-state index in [0.717, 1.165) is 16.5 Å². The highest BCUT2D eigenvalue weighted by atomic mass is 32.2. The quantitative estimate of drug-likeness (QED) is 0.791. The van der Waals surface area contributed by atoms with Crippen LogP contribution in [0.15, 0.2) is 29.3 Å². The van der Waals surface area contributed by atoms with E-state index in [1.165, 1.54) is 11.8 Å². The van der Waals surface area contributed by atoms with Crippen molar-refractivity contribution in [3.8, 4) is 5.75 Å². The summed E-state index contributed by atoms with van der Waals surface area (Å²) in [5.41, 5.74) is 0.698. The number of nitrogens with zero attached hydrogens (tertiary/aromatic N) is 2. The van der Waals surface area contributed by atoms with Crippen molar-refractivity contribution in [2.45, 2.75) is 36.4 Å². The Hall–Kier alpha value is -1.32. The first-order valence-electron chi connectivity index (χ1n) is 8.13. The van der Waals surface area contributed by atoms with Crippen molar-refractivity contribution in [3.63, 3.8) is 0 Å². The Morgan fingerprint density at radius 1 is 1.20 bits per heavy atom. The topological polar surface area (TPSA) is 83.8 Å². The lowest BCUT2D eigenvalue weighted by atomic mass is 9.99. The number of aliphatic imine (C=N–C) groups is 1. The Balaban J connectivity index is 1.53. The van der Waals surface area contributed by atoms with Gasteiger partial charge in [0.1, 0.15) is 35.5 Å². The Labute approximate surface area is 151 Å². The van der Waals surface area contributed by atoms with Crippen LogP contribution in [0.2, 0.25) is 0 Å². The molecule has 1 aromatic rings. The number of aliphatic hydroxyl groups is 2. The molecular formula is C17H24N2O5S. The van der Waals surface area contributed by atoms with Crippen molar-refractivity contribution in [1.82, 2.24) is 4.90 Å². The number of methoxy groups -OCH3 is 1. The third-order valence-electron chi connectivity index (χ3n) is 4.24. The predicted octanol–water partition coefficient (Wildman–Crippen LogP) is 0.691. The van der Waals surface area contributed by atoms with Gasteiger partial charge in [0.2, 0.25) is 0 Å². The zero-order valence-electron chi connectivity index (χ0n) is 14.5. The molecular weight excluding hydrogens is 344 g/mol. The third kappa shape index (κ3) is 4.09. The maximum Gasteiger partial charge on any atom is 0.161 e. The zero-order valence-corrected chi connectivity index (χ0v) is 15.3. The van der Waals surface area contributed by atoms with Gasteiger partial charge in [0.15, 0.2) is 5.17 Å².